The number of hydrogen-bond acceptors (Lipinski definition) is 4. The van der Waals surface area contributed by atoms with E-state index in [4.69, 9.17) is 4.74 Å². The number of rotatable bonds is 5. The zero-order valence-electron chi connectivity index (χ0n) is 12.0. The fourth-order valence-electron chi connectivity index (χ4n) is 2.80. The summed E-state index contributed by atoms with van der Waals surface area (Å²) in [5.41, 5.74) is 4.53. The molecular formula is C16H19N3O2. The summed E-state index contributed by atoms with van der Waals surface area (Å²) in [6, 6.07) is 7.50. The van der Waals surface area contributed by atoms with Gasteiger partial charge in [-0.2, -0.15) is 5.10 Å². The largest absolute Gasteiger partial charge is 0.495 e. The van der Waals surface area contributed by atoms with Gasteiger partial charge in [-0.05, 0) is 30.9 Å². The van der Waals surface area contributed by atoms with Crippen LogP contribution in [0.3, 0.4) is 0 Å². The number of allylic oxidation sites excluding steroid dienone is 2. The van der Waals surface area contributed by atoms with Crippen molar-refractivity contribution in [3.63, 3.8) is 0 Å². The third kappa shape index (κ3) is 2.91. The first kappa shape index (κ1) is 13.7. The van der Waals surface area contributed by atoms with Crippen molar-refractivity contribution in [2.75, 3.05) is 19.0 Å². The van der Waals surface area contributed by atoms with Crippen LogP contribution in [-0.2, 0) is 4.79 Å². The molecule has 1 aromatic carbocycles. The maximum Gasteiger partial charge on any atom is 0.259 e. The highest BCUT2D eigenvalue weighted by Gasteiger charge is 2.37. The van der Waals surface area contributed by atoms with E-state index in [9.17, 15) is 4.79 Å². The van der Waals surface area contributed by atoms with E-state index < -0.39 is 0 Å². The Kier molecular flexibility index (Phi) is 3.90. The number of nitrogens with zero attached hydrogens (tertiary/aromatic N) is 1. The summed E-state index contributed by atoms with van der Waals surface area (Å²) < 4.78 is 5.22. The molecule has 0 bridgehead atoms. The lowest BCUT2D eigenvalue weighted by Crippen LogP contribution is -2.36. The summed E-state index contributed by atoms with van der Waals surface area (Å²) >= 11 is 0. The smallest absolute Gasteiger partial charge is 0.259 e. The molecule has 5 heteroatoms. The summed E-state index contributed by atoms with van der Waals surface area (Å²) in [7, 11) is 1.61. The second kappa shape index (κ2) is 5.99. The van der Waals surface area contributed by atoms with E-state index in [-0.39, 0.29) is 12.5 Å². The van der Waals surface area contributed by atoms with Gasteiger partial charge < -0.3 is 10.1 Å². The van der Waals surface area contributed by atoms with Gasteiger partial charge in [0.25, 0.3) is 5.91 Å². The second-order valence-electron chi connectivity index (χ2n) is 5.33. The Morgan fingerprint density at radius 3 is 3.10 bits per heavy atom. The Balaban J connectivity index is 1.48. The fourth-order valence-corrected chi connectivity index (χ4v) is 2.80. The average Bonchev–Trinajstić information content (AvgIpc) is 2.87. The normalized spacial score (nSPS) is 24.3. The average molecular weight is 285 g/mol. The molecule has 5 nitrogen and oxygen atoms in total. The van der Waals surface area contributed by atoms with Gasteiger partial charge in [0.05, 0.1) is 19.3 Å². The number of nitrogens with one attached hydrogen (secondary N) is 2. The van der Waals surface area contributed by atoms with Crippen molar-refractivity contribution in [3.8, 4) is 5.75 Å². The molecule has 0 aliphatic heterocycles. The summed E-state index contributed by atoms with van der Waals surface area (Å²) in [4.78, 5) is 11.8. The molecule has 110 valence electrons. The predicted molar refractivity (Wildman–Crippen MR) is 82.4 cm³/mol. The van der Waals surface area contributed by atoms with Gasteiger partial charge in [0.1, 0.15) is 5.75 Å². The molecule has 1 aromatic rings. The minimum atomic E-state index is -0.150. The van der Waals surface area contributed by atoms with Crippen LogP contribution in [0, 0.1) is 11.8 Å². The van der Waals surface area contributed by atoms with Crippen LogP contribution in [-0.4, -0.2) is 25.3 Å². The molecule has 0 unspecified atom stereocenters. The molecule has 2 aliphatic rings. The lowest BCUT2D eigenvalue weighted by atomic mass is 9.74. The van der Waals surface area contributed by atoms with Crippen LogP contribution in [0.15, 0.2) is 41.5 Å². The van der Waals surface area contributed by atoms with E-state index in [2.05, 4.69) is 28.0 Å². The zero-order valence-corrected chi connectivity index (χ0v) is 12.0. The SMILES string of the molecule is COc1ccccc1NCC(=O)N/N=C1/C[C@H]2C=CC[C@H]12. The number of para-hydroxylation sites is 2. The Labute approximate surface area is 124 Å². The molecular weight excluding hydrogens is 266 g/mol. The Bertz CT molecular complexity index is 595. The van der Waals surface area contributed by atoms with Gasteiger partial charge in [-0.25, -0.2) is 5.43 Å². The fraction of sp³-hybridized carbons (Fsp3) is 0.375. The maximum atomic E-state index is 11.8. The van der Waals surface area contributed by atoms with E-state index in [0.717, 1.165) is 30.0 Å². The van der Waals surface area contributed by atoms with Crippen molar-refractivity contribution in [2.24, 2.45) is 16.9 Å². The monoisotopic (exact) mass is 285 g/mol. The number of benzene rings is 1. The van der Waals surface area contributed by atoms with Gasteiger partial charge >= 0.3 is 0 Å². The number of anilines is 1. The molecule has 21 heavy (non-hydrogen) atoms. The van der Waals surface area contributed by atoms with Crippen LogP contribution in [0.5, 0.6) is 5.75 Å². The van der Waals surface area contributed by atoms with E-state index in [1.807, 2.05) is 24.3 Å². The van der Waals surface area contributed by atoms with E-state index in [1.54, 1.807) is 7.11 Å². The topological polar surface area (TPSA) is 62.7 Å². The predicted octanol–water partition coefficient (Wildman–Crippen LogP) is 2.18. The first-order valence-electron chi connectivity index (χ1n) is 7.17. The van der Waals surface area contributed by atoms with Crippen LogP contribution in [0.25, 0.3) is 0 Å². The molecule has 0 spiro atoms. The highest BCUT2D eigenvalue weighted by Crippen LogP contribution is 2.40. The molecule has 0 saturated heterocycles. The second-order valence-corrected chi connectivity index (χ2v) is 5.33. The highest BCUT2D eigenvalue weighted by molar-refractivity contribution is 5.95. The summed E-state index contributed by atoms with van der Waals surface area (Å²) in [6.45, 7) is 0.170. The van der Waals surface area contributed by atoms with Gasteiger partial charge in [-0.1, -0.05) is 24.3 Å². The van der Waals surface area contributed by atoms with Crippen LogP contribution in [0.4, 0.5) is 5.69 Å². The minimum absolute atomic E-state index is 0.150. The van der Waals surface area contributed by atoms with Gasteiger partial charge in [0.15, 0.2) is 0 Å². The van der Waals surface area contributed by atoms with Crippen molar-refractivity contribution >= 4 is 17.3 Å². The zero-order chi connectivity index (χ0) is 14.7. The van der Waals surface area contributed by atoms with E-state index >= 15 is 0 Å². The van der Waals surface area contributed by atoms with Gasteiger partial charge in [0.2, 0.25) is 0 Å². The molecule has 3 rings (SSSR count). The molecule has 1 fully saturated rings. The minimum Gasteiger partial charge on any atom is -0.495 e. The third-order valence-electron chi connectivity index (χ3n) is 4.03. The number of carbonyl (C=O) groups is 1. The molecule has 2 aliphatic carbocycles. The molecule has 2 atom stereocenters. The molecule has 1 saturated carbocycles. The maximum absolute atomic E-state index is 11.8. The molecule has 0 heterocycles. The summed E-state index contributed by atoms with van der Waals surface area (Å²) in [5, 5.41) is 7.28. The highest BCUT2D eigenvalue weighted by atomic mass is 16.5. The van der Waals surface area contributed by atoms with Crippen molar-refractivity contribution in [1.29, 1.82) is 0 Å². The number of hydrazone groups is 1. The van der Waals surface area contributed by atoms with E-state index in [1.165, 1.54) is 0 Å². The van der Waals surface area contributed by atoms with Crippen LogP contribution in [0.2, 0.25) is 0 Å². The van der Waals surface area contributed by atoms with Gasteiger partial charge in [0, 0.05) is 11.6 Å². The standard InChI is InChI=1S/C16H19N3O2/c1-21-15-8-3-2-7-13(15)17-10-16(20)19-18-14-9-11-5-4-6-12(11)14/h2-5,7-8,11-12,17H,6,9-10H2,1H3,(H,19,20)/b18-14-/t11-,12+/m1/s1. The lowest BCUT2D eigenvalue weighted by molar-refractivity contribution is -0.119. The number of fused-ring (bicyclic) bond motifs is 1. The molecule has 0 radical (unpaired) electrons. The number of methoxy groups -OCH3 is 1. The van der Waals surface area contributed by atoms with Gasteiger partial charge in [-0.3, -0.25) is 4.79 Å². The first-order valence-corrected chi connectivity index (χ1v) is 7.17. The third-order valence-corrected chi connectivity index (χ3v) is 4.03. The first-order chi connectivity index (χ1) is 10.3. The lowest BCUT2D eigenvalue weighted by Gasteiger charge is -2.31. The Morgan fingerprint density at radius 1 is 1.43 bits per heavy atom. The summed E-state index contributed by atoms with van der Waals surface area (Å²) in [6.07, 6.45) is 6.47. The van der Waals surface area contributed by atoms with Crippen LogP contribution >= 0.6 is 0 Å². The number of hydrogen-bond donors (Lipinski definition) is 2. The van der Waals surface area contributed by atoms with E-state index in [0.29, 0.717) is 11.8 Å². The Hall–Kier alpha value is -2.30. The molecule has 0 aromatic heterocycles. The number of ether oxygens (including phenoxy) is 1. The molecule has 2 N–H and O–H groups in total. The van der Waals surface area contributed by atoms with Gasteiger partial charge in [-0.15, -0.1) is 0 Å². The van der Waals surface area contributed by atoms with Crippen molar-refractivity contribution in [3.05, 3.63) is 36.4 Å². The Morgan fingerprint density at radius 2 is 2.29 bits per heavy atom. The number of amides is 1. The molecule has 1 amide bonds. The number of carbonyl (C=O) groups excluding carboxylic acids is 1. The van der Waals surface area contributed by atoms with Crippen molar-refractivity contribution < 1.29 is 9.53 Å². The van der Waals surface area contributed by atoms with Crippen molar-refractivity contribution in [2.45, 2.75) is 12.8 Å². The van der Waals surface area contributed by atoms with Crippen LogP contribution in [0.1, 0.15) is 12.8 Å². The van der Waals surface area contributed by atoms with Crippen molar-refractivity contribution in [1.82, 2.24) is 5.43 Å². The van der Waals surface area contributed by atoms with Crippen LogP contribution < -0.4 is 15.5 Å². The summed E-state index contributed by atoms with van der Waals surface area (Å²) in [5.74, 6) is 1.73. The quantitative estimate of drug-likeness (QED) is 0.644.